The van der Waals surface area contributed by atoms with Crippen LogP contribution < -0.4 is 0 Å². The summed E-state index contributed by atoms with van der Waals surface area (Å²) < 4.78 is 4.72. The summed E-state index contributed by atoms with van der Waals surface area (Å²) in [5, 5.41) is 0. The van der Waals surface area contributed by atoms with Gasteiger partial charge in [-0.2, -0.15) is 0 Å². The van der Waals surface area contributed by atoms with Gasteiger partial charge in [0.1, 0.15) is 0 Å². The minimum absolute atomic E-state index is 0.254. The van der Waals surface area contributed by atoms with Crippen molar-refractivity contribution in [3.63, 3.8) is 0 Å². The van der Waals surface area contributed by atoms with Crippen LogP contribution in [-0.2, 0) is 9.53 Å². The molecule has 1 unspecified atom stereocenters. The first-order valence-electron chi connectivity index (χ1n) is 5.68. The van der Waals surface area contributed by atoms with Gasteiger partial charge >= 0.3 is 5.97 Å². The summed E-state index contributed by atoms with van der Waals surface area (Å²) >= 11 is 0. The van der Waals surface area contributed by atoms with Crippen LogP contribution >= 0.6 is 0 Å². The molecule has 2 nitrogen and oxygen atoms in total. The van der Waals surface area contributed by atoms with Gasteiger partial charge in [0.15, 0.2) is 0 Å². The second-order valence-corrected chi connectivity index (χ2v) is 3.70. The van der Waals surface area contributed by atoms with Crippen molar-refractivity contribution in [2.75, 3.05) is 0 Å². The smallest absolute Gasteiger partial charge is 0.338 e. The summed E-state index contributed by atoms with van der Waals surface area (Å²) in [5.41, 5.74) is 0.577. The summed E-state index contributed by atoms with van der Waals surface area (Å²) in [7, 11) is 0. The van der Waals surface area contributed by atoms with E-state index in [-0.39, 0.29) is 11.9 Å². The molecule has 0 N–H and O–H groups in total. The number of carbonyl (C=O) groups excluding carboxylic acids is 1. The standard InChI is InChI=1S/C13H22O2/c1-5-8-9-10-12(6-2)11(4)13(14)15-7-3/h7,12H,3-6,8-10H2,1-2H3. The molecule has 0 amide bonds. The molecule has 0 aromatic rings. The molecule has 0 saturated carbocycles. The number of hydrogen-bond acceptors (Lipinski definition) is 2. The first-order valence-corrected chi connectivity index (χ1v) is 5.68. The summed E-state index contributed by atoms with van der Waals surface area (Å²) in [4.78, 5) is 11.4. The molecule has 0 saturated heterocycles. The van der Waals surface area contributed by atoms with Gasteiger partial charge in [-0.1, -0.05) is 46.3 Å². The molecule has 0 radical (unpaired) electrons. The molecule has 0 heterocycles. The van der Waals surface area contributed by atoms with Crippen LogP contribution in [0, 0.1) is 5.92 Å². The van der Waals surface area contributed by atoms with Crippen LogP contribution in [0.25, 0.3) is 0 Å². The SMILES string of the molecule is C=COC(=O)C(=C)C(CC)CCCCC. The van der Waals surface area contributed by atoms with Gasteiger partial charge < -0.3 is 4.74 Å². The maximum absolute atomic E-state index is 11.4. The van der Waals surface area contributed by atoms with Gasteiger partial charge in [0, 0.05) is 5.57 Å². The summed E-state index contributed by atoms with van der Waals surface area (Å²) in [6.07, 6.45) is 6.67. The minimum atomic E-state index is -0.339. The second-order valence-electron chi connectivity index (χ2n) is 3.70. The Balaban J connectivity index is 4.08. The monoisotopic (exact) mass is 210 g/mol. The zero-order chi connectivity index (χ0) is 11.7. The van der Waals surface area contributed by atoms with Crippen LogP contribution in [0.1, 0.15) is 46.0 Å². The van der Waals surface area contributed by atoms with Gasteiger partial charge in [-0.3, -0.25) is 0 Å². The van der Waals surface area contributed by atoms with Gasteiger partial charge in [0.25, 0.3) is 0 Å². The Morgan fingerprint density at radius 3 is 2.53 bits per heavy atom. The van der Waals surface area contributed by atoms with E-state index >= 15 is 0 Å². The Morgan fingerprint density at radius 2 is 2.07 bits per heavy atom. The molecule has 0 aromatic carbocycles. The lowest BCUT2D eigenvalue weighted by atomic mass is 9.92. The van der Waals surface area contributed by atoms with Gasteiger partial charge in [0.2, 0.25) is 0 Å². The fourth-order valence-electron chi connectivity index (χ4n) is 1.58. The average molecular weight is 210 g/mol. The Bertz CT molecular complexity index is 219. The number of rotatable bonds is 8. The maximum atomic E-state index is 11.4. The van der Waals surface area contributed by atoms with E-state index in [1.165, 1.54) is 12.8 Å². The van der Waals surface area contributed by atoms with E-state index in [2.05, 4.69) is 27.0 Å². The van der Waals surface area contributed by atoms with Crippen molar-refractivity contribution in [2.24, 2.45) is 5.92 Å². The van der Waals surface area contributed by atoms with E-state index in [0.717, 1.165) is 25.5 Å². The number of carbonyl (C=O) groups is 1. The van der Waals surface area contributed by atoms with Crippen LogP contribution in [0.4, 0.5) is 0 Å². The van der Waals surface area contributed by atoms with E-state index in [1.807, 2.05) is 0 Å². The van der Waals surface area contributed by atoms with Crippen LogP contribution in [0.15, 0.2) is 25.0 Å². The largest absolute Gasteiger partial charge is 0.432 e. The molecule has 0 spiro atoms. The Morgan fingerprint density at radius 1 is 1.40 bits per heavy atom. The third-order valence-corrected chi connectivity index (χ3v) is 2.59. The molecule has 86 valence electrons. The molecular weight excluding hydrogens is 188 g/mol. The highest BCUT2D eigenvalue weighted by atomic mass is 16.5. The quantitative estimate of drug-likeness (QED) is 0.263. The lowest BCUT2D eigenvalue weighted by Crippen LogP contribution is -2.12. The van der Waals surface area contributed by atoms with Crippen molar-refractivity contribution >= 4 is 5.97 Å². The third kappa shape index (κ3) is 5.40. The molecule has 15 heavy (non-hydrogen) atoms. The Labute approximate surface area is 93.0 Å². The highest BCUT2D eigenvalue weighted by molar-refractivity contribution is 5.88. The van der Waals surface area contributed by atoms with Crippen LogP contribution in [0.2, 0.25) is 0 Å². The van der Waals surface area contributed by atoms with Gasteiger partial charge in [-0.05, 0) is 18.8 Å². The Kier molecular flexibility index (Phi) is 7.69. The first kappa shape index (κ1) is 13.9. The molecule has 0 fully saturated rings. The molecule has 1 atom stereocenters. The average Bonchev–Trinajstić information content (AvgIpc) is 2.24. The second kappa shape index (κ2) is 8.27. The van der Waals surface area contributed by atoms with E-state index < -0.39 is 0 Å². The van der Waals surface area contributed by atoms with Gasteiger partial charge in [-0.25, -0.2) is 4.79 Å². The van der Waals surface area contributed by atoms with Crippen LogP contribution in [0.3, 0.4) is 0 Å². The van der Waals surface area contributed by atoms with Crippen molar-refractivity contribution in [3.05, 3.63) is 25.0 Å². The molecule has 0 bridgehead atoms. The van der Waals surface area contributed by atoms with Gasteiger partial charge in [-0.15, -0.1) is 0 Å². The third-order valence-electron chi connectivity index (χ3n) is 2.59. The summed E-state index contributed by atoms with van der Waals surface area (Å²) in [6.45, 7) is 11.4. The first-order chi connectivity index (χ1) is 7.17. The zero-order valence-corrected chi connectivity index (χ0v) is 9.92. The zero-order valence-electron chi connectivity index (χ0n) is 9.92. The molecule has 0 aromatic heterocycles. The van der Waals surface area contributed by atoms with Crippen molar-refractivity contribution in [1.82, 2.24) is 0 Å². The highest BCUT2D eigenvalue weighted by Gasteiger charge is 2.17. The lowest BCUT2D eigenvalue weighted by Gasteiger charge is -2.15. The van der Waals surface area contributed by atoms with Crippen LogP contribution in [0.5, 0.6) is 0 Å². The Hall–Kier alpha value is -1.05. The number of esters is 1. The summed E-state index contributed by atoms with van der Waals surface area (Å²) in [5.74, 6) is -0.0858. The number of hydrogen-bond donors (Lipinski definition) is 0. The lowest BCUT2D eigenvalue weighted by molar-refractivity contribution is -0.134. The molecule has 0 aliphatic rings. The predicted octanol–water partition coefficient (Wildman–Crippen LogP) is 3.84. The number of unbranched alkanes of at least 4 members (excludes halogenated alkanes) is 2. The molecule has 0 rings (SSSR count). The van der Waals surface area contributed by atoms with Crippen molar-refractivity contribution in [2.45, 2.75) is 46.0 Å². The van der Waals surface area contributed by atoms with Crippen molar-refractivity contribution < 1.29 is 9.53 Å². The number of ether oxygens (including phenoxy) is 1. The molecule has 2 heteroatoms. The van der Waals surface area contributed by atoms with Crippen molar-refractivity contribution in [3.8, 4) is 0 Å². The van der Waals surface area contributed by atoms with E-state index in [1.54, 1.807) is 0 Å². The fourth-order valence-corrected chi connectivity index (χ4v) is 1.58. The topological polar surface area (TPSA) is 26.3 Å². The fraction of sp³-hybridized carbons (Fsp3) is 0.615. The minimum Gasteiger partial charge on any atom is -0.432 e. The predicted molar refractivity (Wildman–Crippen MR) is 63.4 cm³/mol. The molecular formula is C13H22O2. The summed E-state index contributed by atoms with van der Waals surface area (Å²) in [6, 6.07) is 0. The van der Waals surface area contributed by atoms with E-state index in [9.17, 15) is 4.79 Å². The highest BCUT2D eigenvalue weighted by Crippen LogP contribution is 2.21. The molecule has 0 aliphatic heterocycles. The van der Waals surface area contributed by atoms with Crippen molar-refractivity contribution in [1.29, 1.82) is 0 Å². The van der Waals surface area contributed by atoms with E-state index in [0.29, 0.717) is 5.57 Å². The normalized spacial score (nSPS) is 11.9. The molecule has 0 aliphatic carbocycles. The van der Waals surface area contributed by atoms with E-state index in [4.69, 9.17) is 4.74 Å². The maximum Gasteiger partial charge on any atom is 0.338 e. The van der Waals surface area contributed by atoms with Crippen LogP contribution in [-0.4, -0.2) is 5.97 Å². The van der Waals surface area contributed by atoms with Gasteiger partial charge in [0.05, 0.1) is 6.26 Å².